The molecule has 3 aliphatic rings. The number of rotatable bonds is 4. The number of nitrogens with zero attached hydrogens (tertiary/aromatic N) is 3. The third-order valence-electron chi connectivity index (χ3n) is 7.53. The first-order valence-corrected chi connectivity index (χ1v) is 12.3. The van der Waals surface area contributed by atoms with Gasteiger partial charge in [-0.15, -0.1) is 0 Å². The lowest BCUT2D eigenvalue weighted by molar-refractivity contribution is -0.126. The van der Waals surface area contributed by atoms with Gasteiger partial charge in [-0.1, -0.05) is 12.1 Å². The number of amides is 2. The van der Waals surface area contributed by atoms with Crippen molar-refractivity contribution >= 4 is 29.0 Å². The van der Waals surface area contributed by atoms with E-state index in [2.05, 4.69) is 21.0 Å². The summed E-state index contributed by atoms with van der Waals surface area (Å²) in [5, 5.41) is 14.3. The van der Waals surface area contributed by atoms with Crippen LogP contribution in [0.15, 0.2) is 30.5 Å². The lowest BCUT2D eigenvalue weighted by Crippen LogP contribution is -2.41. The molecule has 1 aromatic heterocycles. The molecule has 176 valence electrons. The van der Waals surface area contributed by atoms with E-state index in [0.717, 1.165) is 80.9 Å². The molecule has 2 fully saturated rings. The van der Waals surface area contributed by atoms with Gasteiger partial charge in [-0.2, -0.15) is 5.10 Å². The number of hydrogen-bond acceptors (Lipinski definition) is 5. The highest BCUT2D eigenvalue weighted by atomic mass is 16.2. The maximum atomic E-state index is 13.7. The van der Waals surface area contributed by atoms with Crippen LogP contribution in [0.3, 0.4) is 0 Å². The van der Waals surface area contributed by atoms with E-state index >= 15 is 0 Å². The summed E-state index contributed by atoms with van der Waals surface area (Å²) in [7, 11) is 1.91. The van der Waals surface area contributed by atoms with E-state index in [1.165, 1.54) is 0 Å². The zero-order valence-corrected chi connectivity index (χ0v) is 19.3. The van der Waals surface area contributed by atoms with Gasteiger partial charge in [0.1, 0.15) is 5.82 Å². The van der Waals surface area contributed by atoms with Crippen LogP contribution in [0.25, 0.3) is 0 Å². The Hall–Kier alpha value is -2.87. The number of piperidine rings is 1. The van der Waals surface area contributed by atoms with E-state index in [-0.39, 0.29) is 23.7 Å². The van der Waals surface area contributed by atoms with E-state index in [9.17, 15) is 9.59 Å². The Morgan fingerprint density at radius 2 is 1.82 bits per heavy atom. The Kier molecular flexibility index (Phi) is 6.35. The molecule has 0 atom stereocenters. The number of aryl methyl sites for hydroxylation is 1. The number of aromatic nitrogens is 2. The van der Waals surface area contributed by atoms with Crippen LogP contribution in [-0.4, -0.2) is 41.2 Å². The minimum absolute atomic E-state index is 0.0210. The average Bonchev–Trinajstić information content (AvgIpc) is 3.10. The summed E-state index contributed by atoms with van der Waals surface area (Å²) in [6.45, 7) is 3.12. The van der Waals surface area contributed by atoms with Gasteiger partial charge in [0.05, 0.1) is 24.1 Å². The smallest absolute Gasteiger partial charge is 0.230 e. The van der Waals surface area contributed by atoms with Gasteiger partial charge >= 0.3 is 0 Å². The molecule has 0 bridgehead atoms. The molecular formula is C25H34N6O2. The van der Waals surface area contributed by atoms with Crippen LogP contribution in [0.1, 0.15) is 44.1 Å². The van der Waals surface area contributed by atoms with Crippen LogP contribution < -0.4 is 20.9 Å². The monoisotopic (exact) mass is 450 g/mol. The second-order valence-electron chi connectivity index (χ2n) is 9.70. The maximum Gasteiger partial charge on any atom is 0.230 e. The van der Waals surface area contributed by atoms with Crippen LogP contribution in [0, 0.1) is 17.8 Å². The standard InChI is InChI=1S/C25H34N6O2/c1-30-23-20(15-28-30)16-31(22-5-3-2-4-21(22)29-23)25(33)19-8-6-17(7-9-19)14-27-24(32)18-10-12-26-13-11-18/h2-5,15,17-19,26,29H,6-14,16H2,1H3,(H,27,32). The molecule has 8 nitrogen and oxygen atoms in total. The van der Waals surface area contributed by atoms with Crippen molar-refractivity contribution in [1.82, 2.24) is 20.4 Å². The summed E-state index contributed by atoms with van der Waals surface area (Å²) >= 11 is 0. The molecule has 1 aromatic carbocycles. The molecular weight excluding hydrogens is 416 g/mol. The number of carbonyl (C=O) groups is 2. The Morgan fingerprint density at radius 1 is 1.06 bits per heavy atom. The topological polar surface area (TPSA) is 91.3 Å². The predicted molar refractivity (Wildman–Crippen MR) is 128 cm³/mol. The van der Waals surface area contributed by atoms with Gasteiger partial charge in [0.25, 0.3) is 0 Å². The Morgan fingerprint density at radius 3 is 2.61 bits per heavy atom. The molecule has 8 heteroatoms. The minimum Gasteiger partial charge on any atom is -0.356 e. The lowest BCUT2D eigenvalue weighted by atomic mass is 9.81. The molecule has 0 radical (unpaired) electrons. The number of nitrogens with one attached hydrogen (secondary N) is 3. The molecule has 0 unspecified atom stereocenters. The van der Waals surface area contributed by atoms with Gasteiger partial charge in [-0.25, -0.2) is 0 Å². The highest BCUT2D eigenvalue weighted by Crippen LogP contribution is 2.38. The van der Waals surface area contributed by atoms with Gasteiger partial charge in [0, 0.05) is 31.0 Å². The Labute approximate surface area is 195 Å². The molecule has 2 amide bonds. The summed E-state index contributed by atoms with van der Waals surface area (Å²) in [6, 6.07) is 8.00. The summed E-state index contributed by atoms with van der Waals surface area (Å²) in [4.78, 5) is 28.0. The van der Waals surface area contributed by atoms with Crippen LogP contribution in [-0.2, 0) is 23.2 Å². The minimum atomic E-state index is 0.0210. The molecule has 2 aliphatic heterocycles. The molecule has 3 N–H and O–H groups in total. The van der Waals surface area contributed by atoms with Gasteiger partial charge in [-0.3, -0.25) is 14.3 Å². The zero-order chi connectivity index (χ0) is 22.8. The molecule has 0 spiro atoms. The van der Waals surface area contributed by atoms with Crippen LogP contribution in [0.4, 0.5) is 17.2 Å². The first-order chi connectivity index (χ1) is 16.1. The van der Waals surface area contributed by atoms with Crippen molar-refractivity contribution in [2.75, 3.05) is 29.9 Å². The molecule has 33 heavy (non-hydrogen) atoms. The normalized spacial score (nSPS) is 23.1. The van der Waals surface area contributed by atoms with Crippen molar-refractivity contribution in [2.45, 2.75) is 45.1 Å². The molecule has 1 aliphatic carbocycles. The fraction of sp³-hybridized carbons (Fsp3) is 0.560. The van der Waals surface area contributed by atoms with Crippen molar-refractivity contribution in [3.8, 4) is 0 Å². The van der Waals surface area contributed by atoms with Gasteiger partial charge in [0.15, 0.2) is 0 Å². The van der Waals surface area contributed by atoms with Crippen molar-refractivity contribution in [3.05, 3.63) is 36.0 Å². The Bertz CT molecular complexity index is 1000. The summed E-state index contributed by atoms with van der Waals surface area (Å²) < 4.78 is 1.82. The largest absolute Gasteiger partial charge is 0.356 e. The lowest BCUT2D eigenvalue weighted by Gasteiger charge is -2.32. The van der Waals surface area contributed by atoms with Crippen molar-refractivity contribution in [1.29, 1.82) is 0 Å². The first-order valence-electron chi connectivity index (χ1n) is 12.3. The second kappa shape index (κ2) is 9.55. The van der Waals surface area contributed by atoms with E-state index in [1.807, 2.05) is 47.1 Å². The third-order valence-corrected chi connectivity index (χ3v) is 7.53. The molecule has 1 saturated heterocycles. The van der Waals surface area contributed by atoms with E-state index in [4.69, 9.17) is 0 Å². The fourth-order valence-electron chi connectivity index (χ4n) is 5.46. The number of para-hydroxylation sites is 2. The first kappa shape index (κ1) is 21.9. The average molecular weight is 451 g/mol. The SMILES string of the molecule is Cn1ncc2c1Nc1ccccc1N(C(=O)C1CCC(CNC(=O)C3CCNCC3)CC1)C2. The zero-order valence-electron chi connectivity index (χ0n) is 19.3. The number of carbonyl (C=O) groups excluding carboxylic acids is 2. The maximum absolute atomic E-state index is 13.7. The van der Waals surface area contributed by atoms with Crippen molar-refractivity contribution in [3.63, 3.8) is 0 Å². The van der Waals surface area contributed by atoms with E-state index in [0.29, 0.717) is 12.5 Å². The van der Waals surface area contributed by atoms with Crippen molar-refractivity contribution in [2.24, 2.45) is 24.8 Å². The highest BCUT2D eigenvalue weighted by molar-refractivity contribution is 5.99. The third kappa shape index (κ3) is 4.62. The summed E-state index contributed by atoms with van der Waals surface area (Å²) in [6.07, 6.45) is 7.41. The van der Waals surface area contributed by atoms with Crippen molar-refractivity contribution < 1.29 is 9.59 Å². The van der Waals surface area contributed by atoms with E-state index in [1.54, 1.807) is 0 Å². The van der Waals surface area contributed by atoms with Crippen LogP contribution in [0.2, 0.25) is 0 Å². The molecule has 1 saturated carbocycles. The van der Waals surface area contributed by atoms with Gasteiger partial charge < -0.3 is 20.9 Å². The Balaban J connectivity index is 1.20. The fourth-order valence-corrected chi connectivity index (χ4v) is 5.46. The van der Waals surface area contributed by atoms with Gasteiger partial charge in [0.2, 0.25) is 11.8 Å². The number of anilines is 3. The number of hydrogen-bond donors (Lipinski definition) is 3. The summed E-state index contributed by atoms with van der Waals surface area (Å²) in [5.74, 6) is 1.97. The van der Waals surface area contributed by atoms with E-state index < -0.39 is 0 Å². The number of fused-ring (bicyclic) bond motifs is 2. The quantitative estimate of drug-likeness (QED) is 0.666. The molecule has 3 heterocycles. The summed E-state index contributed by atoms with van der Waals surface area (Å²) in [5.41, 5.74) is 2.88. The molecule has 2 aromatic rings. The van der Waals surface area contributed by atoms with Crippen LogP contribution in [0.5, 0.6) is 0 Å². The highest BCUT2D eigenvalue weighted by Gasteiger charge is 2.33. The molecule has 5 rings (SSSR count). The number of benzene rings is 1. The second-order valence-corrected chi connectivity index (χ2v) is 9.70. The van der Waals surface area contributed by atoms with Gasteiger partial charge in [-0.05, 0) is 69.7 Å². The van der Waals surface area contributed by atoms with Crippen LogP contribution >= 0.6 is 0 Å². The predicted octanol–water partition coefficient (Wildman–Crippen LogP) is 2.93.